The molecule has 1 aromatic rings. The zero-order valence-electron chi connectivity index (χ0n) is 11.7. The number of hydrogen-bond acceptors (Lipinski definition) is 5. The molecule has 0 aliphatic heterocycles. The van der Waals surface area contributed by atoms with Gasteiger partial charge in [-0.1, -0.05) is 12.8 Å². The van der Waals surface area contributed by atoms with E-state index in [2.05, 4.69) is 5.32 Å². The molecule has 1 unspecified atom stereocenters. The van der Waals surface area contributed by atoms with E-state index in [1.165, 1.54) is 31.0 Å². The van der Waals surface area contributed by atoms with Gasteiger partial charge in [-0.15, -0.1) is 0 Å². The van der Waals surface area contributed by atoms with Gasteiger partial charge in [-0.2, -0.15) is 0 Å². The van der Waals surface area contributed by atoms with Crippen LogP contribution in [0.2, 0.25) is 0 Å². The molecule has 5 N–H and O–H groups in total. The summed E-state index contributed by atoms with van der Waals surface area (Å²) in [5.41, 5.74) is 11.3. The molecular weight excluding hydrogens is 272 g/mol. The number of benzene rings is 1. The highest BCUT2D eigenvalue weighted by Gasteiger charge is 2.26. The zero-order chi connectivity index (χ0) is 15.4. The van der Waals surface area contributed by atoms with E-state index in [1.54, 1.807) is 0 Å². The maximum absolute atomic E-state index is 11.2. The van der Waals surface area contributed by atoms with Crippen molar-refractivity contribution in [1.82, 2.24) is 0 Å². The van der Waals surface area contributed by atoms with Gasteiger partial charge in [-0.25, -0.2) is 0 Å². The van der Waals surface area contributed by atoms with Crippen molar-refractivity contribution in [2.45, 2.75) is 31.7 Å². The van der Waals surface area contributed by atoms with Crippen molar-refractivity contribution < 1.29 is 9.72 Å². The van der Waals surface area contributed by atoms with Crippen LogP contribution in [0.1, 0.15) is 36.0 Å². The molecule has 0 aromatic heterocycles. The standard InChI is InChI=1S/C14H20N4O3/c15-8-12(9-3-1-2-4-9)17-11-6-5-10(14(16)19)7-13(11)18(20)21/h5-7,9,12,17H,1-4,8,15H2,(H2,16,19). The lowest BCUT2D eigenvalue weighted by Gasteiger charge is -2.24. The minimum absolute atomic E-state index is 0.00521. The highest BCUT2D eigenvalue weighted by molar-refractivity contribution is 5.94. The van der Waals surface area contributed by atoms with Gasteiger partial charge >= 0.3 is 0 Å². The Labute approximate surface area is 122 Å². The lowest BCUT2D eigenvalue weighted by Crippen LogP contribution is -2.35. The lowest BCUT2D eigenvalue weighted by atomic mass is 9.97. The summed E-state index contributed by atoms with van der Waals surface area (Å²) in [6, 6.07) is 4.22. The predicted octanol–water partition coefficient (Wildman–Crippen LogP) is 1.62. The van der Waals surface area contributed by atoms with Gasteiger partial charge in [0.05, 0.1) is 4.92 Å². The SMILES string of the molecule is NCC(Nc1ccc(C(N)=O)cc1[N+](=O)[O-])C1CCCC1. The van der Waals surface area contributed by atoms with Crippen LogP contribution in [0.5, 0.6) is 0 Å². The summed E-state index contributed by atoms with van der Waals surface area (Å²) in [6.07, 6.45) is 4.52. The molecule has 2 rings (SSSR count). The third-order valence-electron chi connectivity index (χ3n) is 4.04. The first kappa shape index (κ1) is 15.2. The number of nitrogens with zero attached hydrogens (tertiary/aromatic N) is 1. The molecule has 1 amide bonds. The quantitative estimate of drug-likeness (QED) is 0.543. The minimum Gasteiger partial charge on any atom is -0.375 e. The molecule has 7 heteroatoms. The molecule has 1 saturated carbocycles. The van der Waals surface area contributed by atoms with Crippen LogP contribution in [0.4, 0.5) is 11.4 Å². The van der Waals surface area contributed by atoms with E-state index in [1.807, 2.05) is 0 Å². The van der Waals surface area contributed by atoms with Crippen LogP contribution in [0.3, 0.4) is 0 Å². The van der Waals surface area contributed by atoms with E-state index < -0.39 is 10.8 Å². The second-order valence-corrected chi connectivity index (χ2v) is 5.38. The van der Waals surface area contributed by atoms with Crippen molar-refractivity contribution >= 4 is 17.3 Å². The predicted molar refractivity (Wildman–Crippen MR) is 80.0 cm³/mol. The number of anilines is 1. The number of rotatable bonds is 6. The van der Waals surface area contributed by atoms with Gasteiger partial charge in [-0.3, -0.25) is 14.9 Å². The summed E-state index contributed by atoms with van der Waals surface area (Å²) in [5.74, 6) is -0.249. The molecule has 0 bridgehead atoms. The summed E-state index contributed by atoms with van der Waals surface area (Å²) < 4.78 is 0. The number of primary amides is 1. The van der Waals surface area contributed by atoms with Crippen molar-refractivity contribution in [3.05, 3.63) is 33.9 Å². The van der Waals surface area contributed by atoms with Gasteiger partial charge < -0.3 is 16.8 Å². The van der Waals surface area contributed by atoms with Crippen molar-refractivity contribution in [2.24, 2.45) is 17.4 Å². The molecule has 0 spiro atoms. The first-order valence-electron chi connectivity index (χ1n) is 7.07. The van der Waals surface area contributed by atoms with Crippen LogP contribution in [-0.4, -0.2) is 23.4 Å². The molecule has 0 saturated heterocycles. The molecule has 1 fully saturated rings. The highest BCUT2D eigenvalue weighted by Crippen LogP contribution is 2.32. The molecule has 1 aliphatic carbocycles. The van der Waals surface area contributed by atoms with E-state index >= 15 is 0 Å². The minimum atomic E-state index is -0.684. The summed E-state index contributed by atoms with van der Waals surface area (Å²) >= 11 is 0. The number of nitrogens with two attached hydrogens (primary N) is 2. The number of nitrogens with one attached hydrogen (secondary N) is 1. The summed E-state index contributed by atoms with van der Waals surface area (Å²) in [4.78, 5) is 21.8. The third kappa shape index (κ3) is 3.49. The molecule has 1 aliphatic rings. The van der Waals surface area contributed by atoms with Crippen LogP contribution in [0.15, 0.2) is 18.2 Å². The Kier molecular flexibility index (Phi) is 4.74. The molecule has 1 atom stereocenters. The first-order chi connectivity index (χ1) is 10.0. The number of amides is 1. The molecule has 21 heavy (non-hydrogen) atoms. The Balaban J connectivity index is 2.25. The van der Waals surface area contributed by atoms with Gasteiger partial charge in [0.1, 0.15) is 5.69 Å². The average molecular weight is 292 g/mol. The van der Waals surface area contributed by atoms with Gasteiger partial charge in [0, 0.05) is 24.2 Å². The fraction of sp³-hybridized carbons (Fsp3) is 0.500. The van der Waals surface area contributed by atoms with Gasteiger partial charge in [0.25, 0.3) is 5.69 Å². The summed E-state index contributed by atoms with van der Waals surface area (Å²) in [5, 5.41) is 14.3. The maximum atomic E-state index is 11.2. The number of carbonyl (C=O) groups is 1. The largest absolute Gasteiger partial charge is 0.375 e. The fourth-order valence-corrected chi connectivity index (χ4v) is 2.89. The first-order valence-corrected chi connectivity index (χ1v) is 7.07. The van der Waals surface area contributed by atoms with E-state index in [0.717, 1.165) is 12.8 Å². The average Bonchev–Trinajstić information content (AvgIpc) is 2.98. The van der Waals surface area contributed by atoms with E-state index in [4.69, 9.17) is 11.5 Å². The summed E-state index contributed by atoms with van der Waals surface area (Å²) in [6.45, 7) is 0.416. The van der Waals surface area contributed by atoms with Crippen LogP contribution in [-0.2, 0) is 0 Å². The van der Waals surface area contributed by atoms with Crippen molar-refractivity contribution in [3.63, 3.8) is 0 Å². The lowest BCUT2D eigenvalue weighted by molar-refractivity contribution is -0.384. The Hall–Kier alpha value is -2.15. The Morgan fingerprint density at radius 2 is 2.10 bits per heavy atom. The highest BCUT2D eigenvalue weighted by atomic mass is 16.6. The second-order valence-electron chi connectivity index (χ2n) is 5.38. The van der Waals surface area contributed by atoms with E-state index in [0.29, 0.717) is 18.2 Å². The molecular formula is C14H20N4O3. The van der Waals surface area contributed by atoms with Gasteiger partial charge in [-0.05, 0) is 30.9 Å². The molecule has 7 nitrogen and oxygen atoms in total. The number of carbonyl (C=O) groups excluding carboxylic acids is 1. The van der Waals surface area contributed by atoms with Crippen molar-refractivity contribution in [1.29, 1.82) is 0 Å². The third-order valence-corrected chi connectivity index (χ3v) is 4.04. The molecule has 0 radical (unpaired) electrons. The second kappa shape index (κ2) is 6.53. The monoisotopic (exact) mass is 292 g/mol. The topological polar surface area (TPSA) is 124 Å². The molecule has 1 aromatic carbocycles. The zero-order valence-corrected chi connectivity index (χ0v) is 11.7. The van der Waals surface area contributed by atoms with Gasteiger partial charge in [0.15, 0.2) is 0 Å². The molecule has 0 heterocycles. The fourth-order valence-electron chi connectivity index (χ4n) is 2.89. The van der Waals surface area contributed by atoms with Crippen LogP contribution in [0, 0.1) is 16.0 Å². The Morgan fingerprint density at radius 1 is 1.43 bits per heavy atom. The van der Waals surface area contributed by atoms with Gasteiger partial charge in [0.2, 0.25) is 5.91 Å². The Bertz CT molecular complexity index is 541. The van der Waals surface area contributed by atoms with Crippen LogP contribution >= 0.6 is 0 Å². The summed E-state index contributed by atoms with van der Waals surface area (Å²) in [7, 11) is 0. The van der Waals surface area contributed by atoms with Crippen LogP contribution < -0.4 is 16.8 Å². The normalized spacial score (nSPS) is 16.6. The smallest absolute Gasteiger partial charge is 0.293 e. The van der Waals surface area contributed by atoms with Crippen molar-refractivity contribution in [3.8, 4) is 0 Å². The molecule has 114 valence electrons. The van der Waals surface area contributed by atoms with Crippen molar-refractivity contribution in [2.75, 3.05) is 11.9 Å². The number of nitro groups is 1. The maximum Gasteiger partial charge on any atom is 0.293 e. The number of hydrogen-bond donors (Lipinski definition) is 3. The van der Waals surface area contributed by atoms with E-state index in [9.17, 15) is 14.9 Å². The Morgan fingerprint density at radius 3 is 2.62 bits per heavy atom. The van der Waals surface area contributed by atoms with Crippen LogP contribution in [0.25, 0.3) is 0 Å². The van der Waals surface area contributed by atoms with E-state index in [-0.39, 0.29) is 17.3 Å². The number of nitro benzene ring substituents is 1.